The number of hydrogen-bond acceptors (Lipinski definition) is 2. The van der Waals surface area contributed by atoms with E-state index in [1.807, 2.05) is 38.1 Å². The van der Waals surface area contributed by atoms with Crippen LogP contribution in [0.1, 0.15) is 24.2 Å². The number of methoxy groups -OCH3 is 1. The molecule has 2 rings (SSSR count). The molecule has 1 amide bonds. The standard InChI is InChI=1S/C16H18NO2.Li/c1-4-17(5-2)16(18)15-8-6-7-12-11-13(19-3)9-10-14(12)15;/h6-7,9-11H,4-5H2,1-3H3;/q-1;+1. The fraction of sp³-hybridized carbons (Fsp3) is 0.312. The van der Waals surface area contributed by atoms with Crippen molar-refractivity contribution in [1.29, 1.82) is 0 Å². The second-order valence-corrected chi connectivity index (χ2v) is 4.28. The zero-order valence-electron chi connectivity index (χ0n) is 12.6. The molecule has 0 aliphatic rings. The molecule has 0 aliphatic carbocycles. The minimum atomic E-state index is 0. The Morgan fingerprint density at radius 2 is 1.95 bits per heavy atom. The average Bonchev–Trinajstić information content (AvgIpc) is 2.47. The molecular formula is C16H18LiNO2. The number of benzene rings is 2. The summed E-state index contributed by atoms with van der Waals surface area (Å²) < 4.78 is 5.21. The van der Waals surface area contributed by atoms with Crippen LogP contribution in [0, 0.1) is 6.07 Å². The fourth-order valence-corrected chi connectivity index (χ4v) is 2.17. The number of ether oxygens (including phenoxy) is 1. The molecule has 2 aromatic rings. The predicted molar refractivity (Wildman–Crippen MR) is 76.6 cm³/mol. The van der Waals surface area contributed by atoms with Crippen molar-refractivity contribution in [1.82, 2.24) is 4.90 Å². The quantitative estimate of drug-likeness (QED) is 0.580. The summed E-state index contributed by atoms with van der Waals surface area (Å²) in [5, 5.41) is 1.91. The molecule has 0 aliphatic heterocycles. The number of amides is 1. The Hall–Kier alpha value is -1.43. The van der Waals surface area contributed by atoms with Crippen molar-refractivity contribution in [3.8, 4) is 5.75 Å². The van der Waals surface area contributed by atoms with Gasteiger partial charge in [0.05, 0.1) is 7.11 Å². The summed E-state index contributed by atoms with van der Waals surface area (Å²) in [5.74, 6) is 0.820. The first-order chi connectivity index (χ1) is 9.21. The molecule has 0 saturated carbocycles. The van der Waals surface area contributed by atoms with Gasteiger partial charge in [0.1, 0.15) is 5.75 Å². The SMILES string of the molecule is CCN(CC)C(=O)c1[c-]ccc2cc(OC)ccc12.[Li+]. The molecule has 0 atom stereocenters. The van der Waals surface area contributed by atoms with E-state index >= 15 is 0 Å². The molecule has 3 nitrogen and oxygen atoms in total. The van der Waals surface area contributed by atoms with Crippen molar-refractivity contribution in [2.24, 2.45) is 0 Å². The topological polar surface area (TPSA) is 29.5 Å². The molecule has 100 valence electrons. The fourth-order valence-electron chi connectivity index (χ4n) is 2.17. The van der Waals surface area contributed by atoms with Crippen LogP contribution in [0.4, 0.5) is 0 Å². The van der Waals surface area contributed by atoms with Crippen molar-refractivity contribution < 1.29 is 28.4 Å². The van der Waals surface area contributed by atoms with E-state index in [1.54, 1.807) is 18.1 Å². The smallest absolute Gasteiger partial charge is 0.497 e. The molecular weight excluding hydrogens is 245 g/mol. The minimum Gasteiger partial charge on any atom is -0.497 e. The van der Waals surface area contributed by atoms with Gasteiger partial charge in [-0.25, -0.2) is 0 Å². The van der Waals surface area contributed by atoms with Gasteiger partial charge in [0.25, 0.3) is 0 Å². The van der Waals surface area contributed by atoms with Crippen LogP contribution in [-0.2, 0) is 0 Å². The van der Waals surface area contributed by atoms with Gasteiger partial charge in [-0.1, -0.05) is 22.4 Å². The van der Waals surface area contributed by atoms with E-state index in [0.29, 0.717) is 18.7 Å². The van der Waals surface area contributed by atoms with E-state index in [1.165, 1.54) is 0 Å². The van der Waals surface area contributed by atoms with Gasteiger partial charge in [-0.15, -0.1) is 18.2 Å². The molecule has 0 radical (unpaired) electrons. The Kier molecular flexibility index (Phi) is 6.13. The number of nitrogens with zero attached hydrogens (tertiary/aromatic N) is 1. The van der Waals surface area contributed by atoms with Gasteiger partial charge in [0.15, 0.2) is 5.91 Å². The zero-order valence-corrected chi connectivity index (χ0v) is 12.6. The Balaban J connectivity index is 0.00000200. The summed E-state index contributed by atoms with van der Waals surface area (Å²) >= 11 is 0. The predicted octanol–water partition coefficient (Wildman–Crippen LogP) is 0.135. The minimum absolute atomic E-state index is 0. The van der Waals surface area contributed by atoms with Gasteiger partial charge in [0, 0.05) is 13.1 Å². The molecule has 0 aromatic heterocycles. The van der Waals surface area contributed by atoms with Crippen molar-refractivity contribution in [2.75, 3.05) is 20.2 Å². The summed E-state index contributed by atoms with van der Waals surface area (Å²) in [5.41, 5.74) is 0.629. The Labute approximate surface area is 132 Å². The molecule has 0 saturated heterocycles. The van der Waals surface area contributed by atoms with Crippen molar-refractivity contribution in [2.45, 2.75) is 13.8 Å². The zero-order chi connectivity index (χ0) is 13.8. The number of hydrogen-bond donors (Lipinski definition) is 0. The Morgan fingerprint density at radius 3 is 2.55 bits per heavy atom. The molecule has 4 heteroatoms. The largest absolute Gasteiger partial charge is 1.00 e. The Morgan fingerprint density at radius 1 is 1.25 bits per heavy atom. The summed E-state index contributed by atoms with van der Waals surface area (Å²) in [7, 11) is 1.64. The number of carbonyl (C=O) groups is 1. The van der Waals surface area contributed by atoms with Crippen LogP contribution in [0.15, 0.2) is 30.3 Å². The third-order valence-electron chi connectivity index (χ3n) is 3.28. The van der Waals surface area contributed by atoms with Crippen LogP contribution >= 0.6 is 0 Å². The van der Waals surface area contributed by atoms with E-state index in [-0.39, 0.29) is 24.8 Å². The van der Waals surface area contributed by atoms with Crippen molar-refractivity contribution >= 4 is 16.7 Å². The van der Waals surface area contributed by atoms with Gasteiger partial charge in [-0.2, -0.15) is 0 Å². The maximum atomic E-state index is 12.4. The first-order valence-corrected chi connectivity index (χ1v) is 6.49. The normalized spacial score (nSPS) is 9.95. The third kappa shape index (κ3) is 3.17. The summed E-state index contributed by atoms with van der Waals surface area (Å²) in [4.78, 5) is 14.2. The summed E-state index contributed by atoms with van der Waals surface area (Å²) in [6.07, 6.45) is 0. The number of fused-ring (bicyclic) bond motifs is 1. The molecule has 2 aromatic carbocycles. The molecule has 0 N–H and O–H groups in total. The molecule has 0 unspecified atom stereocenters. The number of rotatable bonds is 4. The molecule has 0 heterocycles. The van der Waals surface area contributed by atoms with Gasteiger partial charge in [-0.3, -0.25) is 0 Å². The summed E-state index contributed by atoms with van der Waals surface area (Å²) in [6, 6.07) is 12.5. The maximum Gasteiger partial charge on any atom is 1.00 e. The van der Waals surface area contributed by atoms with Crippen LogP contribution in [0.2, 0.25) is 0 Å². The van der Waals surface area contributed by atoms with E-state index in [9.17, 15) is 4.79 Å². The monoisotopic (exact) mass is 263 g/mol. The van der Waals surface area contributed by atoms with Crippen LogP contribution < -0.4 is 23.6 Å². The van der Waals surface area contributed by atoms with E-state index in [2.05, 4.69) is 6.07 Å². The molecule has 0 bridgehead atoms. The second kappa shape index (κ2) is 7.38. The first kappa shape index (κ1) is 16.6. The average molecular weight is 263 g/mol. The van der Waals surface area contributed by atoms with Crippen molar-refractivity contribution in [3.05, 3.63) is 42.0 Å². The van der Waals surface area contributed by atoms with Gasteiger partial charge in [0.2, 0.25) is 0 Å². The maximum absolute atomic E-state index is 12.4. The van der Waals surface area contributed by atoms with Crippen LogP contribution in [0.5, 0.6) is 5.75 Å². The van der Waals surface area contributed by atoms with Crippen LogP contribution in [-0.4, -0.2) is 31.0 Å². The van der Waals surface area contributed by atoms with Gasteiger partial charge >= 0.3 is 18.9 Å². The molecule has 0 fully saturated rings. The van der Waals surface area contributed by atoms with E-state index < -0.39 is 0 Å². The van der Waals surface area contributed by atoms with Gasteiger partial charge < -0.3 is 14.4 Å². The van der Waals surface area contributed by atoms with Crippen molar-refractivity contribution in [3.63, 3.8) is 0 Å². The molecule has 20 heavy (non-hydrogen) atoms. The Bertz CT molecular complexity index is 594. The van der Waals surface area contributed by atoms with E-state index in [0.717, 1.165) is 16.5 Å². The third-order valence-corrected chi connectivity index (χ3v) is 3.28. The first-order valence-electron chi connectivity index (χ1n) is 6.49. The second-order valence-electron chi connectivity index (χ2n) is 4.28. The summed E-state index contributed by atoms with van der Waals surface area (Å²) in [6.45, 7) is 5.37. The van der Waals surface area contributed by atoms with Crippen LogP contribution in [0.3, 0.4) is 0 Å². The van der Waals surface area contributed by atoms with Gasteiger partial charge in [-0.05, 0) is 26.0 Å². The van der Waals surface area contributed by atoms with Crippen LogP contribution in [0.25, 0.3) is 10.8 Å². The van der Waals surface area contributed by atoms with E-state index in [4.69, 9.17) is 4.74 Å². The molecule has 0 spiro atoms. The number of carbonyl (C=O) groups excluding carboxylic acids is 1.